The van der Waals surface area contributed by atoms with Gasteiger partial charge in [0.1, 0.15) is 0 Å². The first-order valence-electron chi connectivity index (χ1n) is 5.77. The number of hydrogen-bond donors (Lipinski definition) is 1. The van der Waals surface area contributed by atoms with Crippen molar-refractivity contribution in [3.8, 4) is 0 Å². The maximum atomic E-state index is 12.8. The first-order valence-corrected chi connectivity index (χ1v) is 8.37. The molecule has 0 bridgehead atoms. The predicted molar refractivity (Wildman–Crippen MR) is 73.0 cm³/mol. The van der Waals surface area contributed by atoms with Crippen LogP contribution in [0.25, 0.3) is 0 Å². The Balaban J connectivity index is 2.13. The number of halogens is 3. The molecule has 0 radical (unpaired) electrons. The van der Waals surface area contributed by atoms with Gasteiger partial charge >= 0.3 is 6.18 Å². The Hall–Kier alpha value is -1.45. The van der Waals surface area contributed by atoms with Gasteiger partial charge in [0, 0.05) is 5.38 Å². The minimum atomic E-state index is -4.58. The van der Waals surface area contributed by atoms with E-state index in [0.29, 0.717) is 5.69 Å². The van der Waals surface area contributed by atoms with Crippen molar-refractivity contribution in [3.05, 3.63) is 52.0 Å². The highest BCUT2D eigenvalue weighted by molar-refractivity contribution is 7.88. The lowest BCUT2D eigenvalue weighted by Crippen LogP contribution is -2.26. The number of thiazole rings is 1. The van der Waals surface area contributed by atoms with Crippen molar-refractivity contribution in [1.29, 1.82) is 0 Å². The highest BCUT2D eigenvalue weighted by atomic mass is 32.2. The molecule has 0 aliphatic rings. The summed E-state index contributed by atoms with van der Waals surface area (Å²) in [5.41, 5.74) is 0.843. The van der Waals surface area contributed by atoms with E-state index in [4.69, 9.17) is 0 Å². The number of nitrogens with zero attached hydrogens (tertiary/aromatic N) is 1. The van der Waals surface area contributed by atoms with Gasteiger partial charge in [0.15, 0.2) is 0 Å². The Morgan fingerprint density at radius 3 is 2.57 bits per heavy atom. The van der Waals surface area contributed by atoms with Crippen molar-refractivity contribution >= 4 is 21.4 Å². The third-order valence-corrected chi connectivity index (χ3v) is 4.54. The molecule has 0 spiro atoms. The van der Waals surface area contributed by atoms with Crippen LogP contribution in [0.2, 0.25) is 0 Å². The Kier molecular flexibility index (Phi) is 4.64. The normalized spacial score (nSPS) is 12.5. The number of aromatic nitrogens is 1. The number of benzene rings is 1. The van der Waals surface area contributed by atoms with Crippen molar-refractivity contribution in [2.75, 3.05) is 0 Å². The fraction of sp³-hybridized carbons (Fsp3) is 0.250. The first kappa shape index (κ1) is 15.9. The molecule has 0 saturated heterocycles. The van der Waals surface area contributed by atoms with Gasteiger partial charge in [-0.2, -0.15) is 13.2 Å². The van der Waals surface area contributed by atoms with Gasteiger partial charge < -0.3 is 0 Å². The molecule has 0 unspecified atom stereocenters. The molecule has 4 nitrogen and oxygen atoms in total. The summed E-state index contributed by atoms with van der Waals surface area (Å²) in [7, 11) is -3.88. The SMILES string of the molecule is O=S(=O)(Cc1ccccc1C(F)(F)F)NCc1cscn1. The highest BCUT2D eigenvalue weighted by Crippen LogP contribution is 2.32. The summed E-state index contributed by atoms with van der Waals surface area (Å²) >= 11 is 1.31. The van der Waals surface area contributed by atoms with E-state index in [2.05, 4.69) is 9.71 Å². The zero-order valence-corrected chi connectivity index (χ0v) is 12.2. The molecule has 1 aromatic heterocycles. The molecule has 1 N–H and O–H groups in total. The highest BCUT2D eigenvalue weighted by Gasteiger charge is 2.33. The Morgan fingerprint density at radius 2 is 1.95 bits per heavy atom. The molecule has 0 fully saturated rings. The second-order valence-electron chi connectivity index (χ2n) is 4.21. The summed E-state index contributed by atoms with van der Waals surface area (Å²) in [5.74, 6) is -0.729. The molecule has 0 amide bonds. The average molecular weight is 336 g/mol. The third-order valence-electron chi connectivity index (χ3n) is 2.62. The van der Waals surface area contributed by atoms with E-state index in [9.17, 15) is 21.6 Å². The lowest BCUT2D eigenvalue weighted by molar-refractivity contribution is -0.138. The molecule has 0 aliphatic carbocycles. The monoisotopic (exact) mass is 336 g/mol. The van der Waals surface area contributed by atoms with Gasteiger partial charge in [-0.05, 0) is 11.6 Å². The van der Waals surface area contributed by atoms with Gasteiger partial charge in [-0.15, -0.1) is 11.3 Å². The maximum absolute atomic E-state index is 12.8. The molecule has 2 aromatic rings. The summed E-state index contributed by atoms with van der Waals surface area (Å²) in [5, 5.41) is 1.66. The zero-order valence-electron chi connectivity index (χ0n) is 10.6. The number of nitrogens with one attached hydrogen (secondary N) is 1. The van der Waals surface area contributed by atoms with Gasteiger partial charge in [0.25, 0.3) is 0 Å². The number of sulfonamides is 1. The smallest absolute Gasteiger partial charge is 0.248 e. The van der Waals surface area contributed by atoms with Crippen molar-refractivity contribution in [2.45, 2.75) is 18.5 Å². The number of hydrogen-bond acceptors (Lipinski definition) is 4. The summed E-state index contributed by atoms with van der Waals surface area (Å²) < 4.78 is 64.4. The van der Waals surface area contributed by atoms with E-state index >= 15 is 0 Å². The molecule has 9 heteroatoms. The molecule has 1 heterocycles. The molecule has 114 valence electrons. The minimum absolute atomic E-state index is 0.0416. The van der Waals surface area contributed by atoms with Crippen LogP contribution in [0.4, 0.5) is 13.2 Å². The van der Waals surface area contributed by atoms with Gasteiger partial charge in [-0.1, -0.05) is 18.2 Å². The molecule has 0 aliphatic heterocycles. The minimum Gasteiger partial charge on any atom is -0.248 e. The number of rotatable bonds is 5. The largest absolute Gasteiger partial charge is 0.416 e. The van der Waals surface area contributed by atoms with Crippen LogP contribution < -0.4 is 4.72 Å². The average Bonchev–Trinajstić information content (AvgIpc) is 2.88. The van der Waals surface area contributed by atoms with E-state index in [0.717, 1.165) is 12.1 Å². The third kappa shape index (κ3) is 4.51. The summed E-state index contributed by atoms with van der Waals surface area (Å²) in [6, 6.07) is 4.62. The fourth-order valence-electron chi connectivity index (χ4n) is 1.69. The van der Waals surface area contributed by atoms with Gasteiger partial charge in [-0.3, -0.25) is 0 Å². The van der Waals surface area contributed by atoms with E-state index in [-0.39, 0.29) is 12.1 Å². The molecular weight excluding hydrogens is 325 g/mol. The molecule has 2 rings (SSSR count). The van der Waals surface area contributed by atoms with E-state index in [1.807, 2.05) is 0 Å². The van der Waals surface area contributed by atoms with Crippen molar-refractivity contribution in [2.24, 2.45) is 0 Å². The van der Waals surface area contributed by atoms with E-state index in [1.165, 1.54) is 23.5 Å². The Labute approximate surface area is 123 Å². The second-order valence-corrected chi connectivity index (χ2v) is 6.74. The molecule has 21 heavy (non-hydrogen) atoms. The summed E-state index contributed by atoms with van der Waals surface area (Å²) in [4.78, 5) is 3.89. The predicted octanol–water partition coefficient (Wildman–Crippen LogP) is 2.78. The lowest BCUT2D eigenvalue weighted by Gasteiger charge is -2.13. The molecule has 1 aromatic carbocycles. The maximum Gasteiger partial charge on any atom is 0.416 e. The summed E-state index contributed by atoms with van der Waals surface area (Å²) in [6.07, 6.45) is -4.58. The summed E-state index contributed by atoms with van der Waals surface area (Å²) in [6.45, 7) is -0.0416. The van der Waals surface area contributed by atoms with Crippen molar-refractivity contribution in [1.82, 2.24) is 9.71 Å². The number of alkyl halides is 3. The van der Waals surface area contributed by atoms with Gasteiger partial charge in [0.05, 0.1) is 29.1 Å². The Morgan fingerprint density at radius 1 is 1.24 bits per heavy atom. The van der Waals surface area contributed by atoms with Crippen LogP contribution in [0, 0.1) is 0 Å². The van der Waals surface area contributed by atoms with Crippen LogP contribution in [0.1, 0.15) is 16.8 Å². The van der Waals surface area contributed by atoms with Crippen LogP contribution >= 0.6 is 11.3 Å². The van der Waals surface area contributed by atoms with Crippen LogP contribution in [0.5, 0.6) is 0 Å². The van der Waals surface area contributed by atoms with Crippen molar-refractivity contribution in [3.63, 3.8) is 0 Å². The topological polar surface area (TPSA) is 59.1 Å². The molecule has 0 atom stereocenters. The van der Waals surface area contributed by atoms with Crippen LogP contribution in [0.15, 0.2) is 35.2 Å². The molecule has 0 saturated carbocycles. The van der Waals surface area contributed by atoms with E-state index < -0.39 is 27.5 Å². The zero-order chi connectivity index (χ0) is 15.5. The Bertz CT molecular complexity index is 698. The van der Waals surface area contributed by atoms with Crippen LogP contribution in [0.3, 0.4) is 0 Å². The van der Waals surface area contributed by atoms with E-state index in [1.54, 1.807) is 10.9 Å². The quantitative estimate of drug-likeness (QED) is 0.913. The van der Waals surface area contributed by atoms with Gasteiger partial charge in [0.2, 0.25) is 10.0 Å². The standard InChI is InChI=1S/C12H11F3N2O2S2/c13-12(14,15)11-4-2-1-3-9(11)7-21(18,19)17-5-10-6-20-8-16-10/h1-4,6,8,17H,5,7H2. The van der Waals surface area contributed by atoms with Gasteiger partial charge in [-0.25, -0.2) is 18.1 Å². The molecular formula is C12H11F3N2O2S2. The second kappa shape index (κ2) is 6.12. The first-order chi connectivity index (χ1) is 9.78. The van der Waals surface area contributed by atoms with Crippen LogP contribution in [-0.2, 0) is 28.5 Å². The van der Waals surface area contributed by atoms with Crippen molar-refractivity contribution < 1.29 is 21.6 Å². The fourth-order valence-corrected chi connectivity index (χ4v) is 3.38. The lowest BCUT2D eigenvalue weighted by atomic mass is 10.1. The van der Waals surface area contributed by atoms with Crippen LogP contribution in [-0.4, -0.2) is 13.4 Å².